The van der Waals surface area contributed by atoms with Gasteiger partial charge in [0.2, 0.25) is 0 Å². The number of rotatable bonds is 3. The molecule has 1 aromatic heterocycles. The van der Waals surface area contributed by atoms with E-state index in [0.717, 1.165) is 0 Å². The first-order chi connectivity index (χ1) is 9.61. The predicted molar refractivity (Wildman–Crippen MR) is 74.4 cm³/mol. The first-order valence-corrected chi connectivity index (χ1v) is 5.82. The van der Waals surface area contributed by atoms with E-state index < -0.39 is 5.97 Å². The fourth-order valence-corrected chi connectivity index (χ4v) is 1.66. The van der Waals surface area contributed by atoms with Crippen LogP contribution in [-0.4, -0.2) is 24.0 Å². The van der Waals surface area contributed by atoms with Gasteiger partial charge in [-0.05, 0) is 24.3 Å². The zero-order chi connectivity index (χ0) is 14.5. The summed E-state index contributed by atoms with van der Waals surface area (Å²) in [6, 6.07) is 9.58. The molecule has 102 valence electrons. The Morgan fingerprint density at radius 1 is 1.25 bits per heavy atom. The molecule has 0 radical (unpaired) electrons. The van der Waals surface area contributed by atoms with Gasteiger partial charge >= 0.3 is 5.97 Å². The van der Waals surface area contributed by atoms with E-state index in [1.54, 1.807) is 24.3 Å². The molecule has 2 aromatic rings. The van der Waals surface area contributed by atoms with Gasteiger partial charge in [0, 0.05) is 11.8 Å². The van der Waals surface area contributed by atoms with Crippen molar-refractivity contribution >= 4 is 23.4 Å². The van der Waals surface area contributed by atoms with Crippen LogP contribution in [-0.2, 0) is 4.74 Å². The molecular formula is C14H13N3O3. The molecule has 0 aliphatic carbocycles. The minimum Gasteiger partial charge on any atom is -0.465 e. The topological polar surface area (TPSA) is 94.3 Å². The van der Waals surface area contributed by atoms with Gasteiger partial charge < -0.3 is 15.8 Å². The van der Waals surface area contributed by atoms with Crippen LogP contribution in [0, 0.1) is 0 Å². The third kappa shape index (κ3) is 2.92. The number of methoxy groups -OCH3 is 1. The Morgan fingerprint density at radius 3 is 2.70 bits per heavy atom. The lowest BCUT2D eigenvalue weighted by Crippen LogP contribution is -2.15. The Bertz CT molecular complexity index is 656. The Kier molecular flexibility index (Phi) is 3.95. The van der Waals surface area contributed by atoms with E-state index in [2.05, 4.69) is 15.0 Å². The zero-order valence-corrected chi connectivity index (χ0v) is 10.8. The number of anilines is 2. The zero-order valence-electron chi connectivity index (χ0n) is 10.8. The predicted octanol–water partition coefficient (Wildman–Crippen LogP) is 1.70. The fourth-order valence-electron chi connectivity index (χ4n) is 1.66. The van der Waals surface area contributed by atoms with Gasteiger partial charge in [-0.3, -0.25) is 4.79 Å². The number of pyridine rings is 1. The van der Waals surface area contributed by atoms with Crippen molar-refractivity contribution in [3.8, 4) is 0 Å². The molecule has 0 aliphatic rings. The molecule has 1 aromatic carbocycles. The van der Waals surface area contributed by atoms with Gasteiger partial charge in [-0.15, -0.1) is 0 Å². The summed E-state index contributed by atoms with van der Waals surface area (Å²) in [4.78, 5) is 27.5. The lowest BCUT2D eigenvalue weighted by atomic mass is 10.1. The Morgan fingerprint density at radius 2 is 2.00 bits per heavy atom. The van der Waals surface area contributed by atoms with Crippen LogP contribution in [0.4, 0.5) is 11.5 Å². The summed E-state index contributed by atoms with van der Waals surface area (Å²) >= 11 is 0. The maximum atomic E-state index is 12.1. The second-order valence-electron chi connectivity index (χ2n) is 3.96. The SMILES string of the molecule is COC(=O)c1ccccc1NC(=O)c1ccnc(N)c1. The summed E-state index contributed by atoms with van der Waals surface area (Å²) in [5.41, 5.74) is 6.54. The van der Waals surface area contributed by atoms with Gasteiger partial charge in [-0.1, -0.05) is 12.1 Å². The monoisotopic (exact) mass is 271 g/mol. The number of para-hydroxylation sites is 1. The highest BCUT2D eigenvalue weighted by molar-refractivity contribution is 6.08. The Labute approximate surface area is 115 Å². The van der Waals surface area contributed by atoms with Crippen LogP contribution in [0.2, 0.25) is 0 Å². The van der Waals surface area contributed by atoms with Crippen molar-refractivity contribution in [1.82, 2.24) is 4.98 Å². The van der Waals surface area contributed by atoms with Crippen LogP contribution in [0.25, 0.3) is 0 Å². The molecule has 0 atom stereocenters. The van der Waals surface area contributed by atoms with Crippen LogP contribution < -0.4 is 11.1 Å². The first kappa shape index (κ1) is 13.5. The number of hydrogen-bond donors (Lipinski definition) is 2. The highest BCUT2D eigenvalue weighted by Crippen LogP contribution is 2.17. The summed E-state index contributed by atoms with van der Waals surface area (Å²) < 4.78 is 4.66. The van der Waals surface area contributed by atoms with Crippen molar-refractivity contribution in [2.45, 2.75) is 0 Å². The van der Waals surface area contributed by atoms with Crippen molar-refractivity contribution in [2.24, 2.45) is 0 Å². The van der Waals surface area contributed by atoms with Gasteiger partial charge in [0.25, 0.3) is 5.91 Å². The Balaban J connectivity index is 2.26. The number of nitrogen functional groups attached to an aromatic ring is 1. The molecule has 0 unspecified atom stereocenters. The molecule has 0 bridgehead atoms. The number of hydrogen-bond acceptors (Lipinski definition) is 5. The van der Waals surface area contributed by atoms with Crippen LogP contribution in [0.3, 0.4) is 0 Å². The number of nitrogens with one attached hydrogen (secondary N) is 1. The van der Waals surface area contributed by atoms with Crippen molar-refractivity contribution in [1.29, 1.82) is 0 Å². The van der Waals surface area contributed by atoms with E-state index in [4.69, 9.17) is 5.73 Å². The molecule has 0 saturated heterocycles. The Hall–Kier alpha value is -2.89. The summed E-state index contributed by atoms with van der Waals surface area (Å²) in [7, 11) is 1.28. The first-order valence-electron chi connectivity index (χ1n) is 5.82. The highest BCUT2D eigenvalue weighted by atomic mass is 16.5. The van der Waals surface area contributed by atoms with Crippen LogP contribution in [0.5, 0.6) is 0 Å². The lowest BCUT2D eigenvalue weighted by molar-refractivity contribution is 0.0602. The quantitative estimate of drug-likeness (QED) is 0.828. The number of esters is 1. The van der Waals surface area contributed by atoms with E-state index in [1.807, 2.05) is 0 Å². The third-order valence-corrected chi connectivity index (χ3v) is 2.62. The van der Waals surface area contributed by atoms with E-state index in [-0.39, 0.29) is 17.3 Å². The second-order valence-corrected chi connectivity index (χ2v) is 3.96. The van der Waals surface area contributed by atoms with Gasteiger partial charge in [-0.2, -0.15) is 0 Å². The summed E-state index contributed by atoms with van der Waals surface area (Å²) in [5, 5.41) is 2.65. The fraction of sp³-hybridized carbons (Fsp3) is 0.0714. The van der Waals surface area contributed by atoms with Gasteiger partial charge in [0.15, 0.2) is 0 Å². The minimum absolute atomic E-state index is 0.249. The molecule has 0 saturated carbocycles. The maximum Gasteiger partial charge on any atom is 0.339 e. The third-order valence-electron chi connectivity index (χ3n) is 2.62. The molecule has 0 fully saturated rings. The molecule has 1 amide bonds. The molecule has 1 heterocycles. The number of nitrogens with zero attached hydrogens (tertiary/aromatic N) is 1. The lowest BCUT2D eigenvalue weighted by Gasteiger charge is -2.09. The largest absolute Gasteiger partial charge is 0.465 e. The average Bonchev–Trinajstić information content (AvgIpc) is 2.47. The molecule has 0 spiro atoms. The smallest absolute Gasteiger partial charge is 0.339 e. The van der Waals surface area contributed by atoms with Crippen LogP contribution in [0.1, 0.15) is 20.7 Å². The number of amides is 1. The van der Waals surface area contributed by atoms with Gasteiger partial charge in [0.1, 0.15) is 5.82 Å². The van der Waals surface area contributed by atoms with Crippen LogP contribution in [0.15, 0.2) is 42.6 Å². The molecule has 0 aliphatic heterocycles. The molecule has 3 N–H and O–H groups in total. The number of benzene rings is 1. The summed E-state index contributed by atoms with van der Waals surface area (Å²) in [6.45, 7) is 0. The molecule has 6 nitrogen and oxygen atoms in total. The second kappa shape index (κ2) is 5.83. The van der Waals surface area contributed by atoms with Crippen molar-refractivity contribution in [3.63, 3.8) is 0 Å². The molecular weight excluding hydrogens is 258 g/mol. The van der Waals surface area contributed by atoms with Gasteiger partial charge in [0.05, 0.1) is 18.4 Å². The van der Waals surface area contributed by atoms with E-state index in [0.29, 0.717) is 11.3 Å². The number of carbonyl (C=O) groups excluding carboxylic acids is 2. The average molecular weight is 271 g/mol. The van der Waals surface area contributed by atoms with Crippen LogP contribution >= 0.6 is 0 Å². The van der Waals surface area contributed by atoms with Crippen molar-refractivity contribution < 1.29 is 14.3 Å². The number of aromatic nitrogens is 1. The van der Waals surface area contributed by atoms with Crippen molar-refractivity contribution in [2.75, 3.05) is 18.2 Å². The van der Waals surface area contributed by atoms with E-state index in [1.165, 1.54) is 25.4 Å². The van der Waals surface area contributed by atoms with E-state index in [9.17, 15) is 9.59 Å². The maximum absolute atomic E-state index is 12.1. The summed E-state index contributed by atoms with van der Waals surface area (Å²) in [6.07, 6.45) is 1.44. The molecule has 6 heteroatoms. The minimum atomic E-state index is -0.518. The van der Waals surface area contributed by atoms with Gasteiger partial charge in [-0.25, -0.2) is 9.78 Å². The number of ether oxygens (including phenoxy) is 1. The normalized spacial score (nSPS) is 9.85. The van der Waals surface area contributed by atoms with E-state index >= 15 is 0 Å². The number of carbonyl (C=O) groups is 2. The molecule has 20 heavy (non-hydrogen) atoms. The highest BCUT2D eigenvalue weighted by Gasteiger charge is 2.14. The number of nitrogens with two attached hydrogens (primary N) is 1. The standard InChI is InChI=1S/C14H13N3O3/c1-20-14(19)10-4-2-3-5-11(10)17-13(18)9-6-7-16-12(15)8-9/h2-8H,1H3,(H2,15,16)(H,17,18). The summed E-state index contributed by atoms with van der Waals surface area (Å²) in [5.74, 6) is -0.649. The molecule has 2 rings (SSSR count). The van der Waals surface area contributed by atoms with Crippen molar-refractivity contribution in [3.05, 3.63) is 53.7 Å².